The molecule has 234 valence electrons. The average Bonchev–Trinajstić information content (AvgIpc) is 3.52. The molecule has 0 aliphatic carbocycles. The SMILES string of the molecule is CNC(=O)[C@@H]1C[C@H](N(C(=O)C(C)(C)C)c2ccc(F)cc2F)C[N+]1(C)C(=O)[C@@H]1CN(C(C)(C)C)C[C@H]1c1ccc(Cl)cc1. The fraction of sp³-hybridized carbons (Fsp3) is 0.545. The van der Waals surface area contributed by atoms with Crippen molar-refractivity contribution in [3.63, 3.8) is 0 Å². The average molecular weight is 618 g/mol. The van der Waals surface area contributed by atoms with Gasteiger partial charge in [0.25, 0.3) is 5.91 Å². The summed E-state index contributed by atoms with van der Waals surface area (Å²) in [5, 5.41) is 3.31. The third-order valence-corrected chi connectivity index (χ3v) is 9.36. The van der Waals surface area contributed by atoms with Gasteiger partial charge in [-0.2, -0.15) is 0 Å². The molecule has 43 heavy (non-hydrogen) atoms. The molecule has 0 aromatic heterocycles. The summed E-state index contributed by atoms with van der Waals surface area (Å²) in [6.45, 7) is 12.8. The van der Waals surface area contributed by atoms with Crippen molar-refractivity contribution in [1.82, 2.24) is 10.2 Å². The molecule has 2 aromatic carbocycles. The normalized spacial score (nSPS) is 26.4. The number of amides is 3. The number of nitrogens with zero attached hydrogens (tertiary/aromatic N) is 3. The van der Waals surface area contributed by atoms with Crippen LogP contribution in [0.3, 0.4) is 0 Å². The fourth-order valence-electron chi connectivity index (χ4n) is 6.63. The maximum absolute atomic E-state index is 15.2. The van der Waals surface area contributed by atoms with Gasteiger partial charge < -0.3 is 10.2 Å². The van der Waals surface area contributed by atoms with Crippen LogP contribution in [0.5, 0.6) is 0 Å². The molecule has 1 N–H and O–H groups in total. The molecule has 7 nitrogen and oxygen atoms in total. The minimum Gasteiger partial charge on any atom is -0.354 e. The molecule has 5 atom stereocenters. The van der Waals surface area contributed by atoms with Crippen LogP contribution in [0.1, 0.15) is 59.4 Å². The first-order valence-corrected chi connectivity index (χ1v) is 15.2. The predicted molar refractivity (Wildman–Crippen MR) is 165 cm³/mol. The Hall–Kier alpha value is -2.88. The van der Waals surface area contributed by atoms with Gasteiger partial charge >= 0.3 is 5.91 Å². The Balaban J connectivity index is 1.79. The molecule has 0 spiro atoms. The first-order chi connectivity index (χ1) is 19.9. The van der Waals surface area contributed by atoms with E-state index in [4.69, 9.17) is 11.6 Å². The number of carbonyl (C=O) groups excluding carboxylic acids is 3. The molecule has 2 heterocycles. The predicted octanol–water partition coefficient (Wildman–Crippen LogP) is 5.37. The van der Waals surface area contributed by atoms with Gasteiger partial charge in [0, 0.05) is 54.5 Å². The first kappa shape index (κ1) is 33.0. The Bertz CT molecular complexity index is 1390. The molecule has 0 radical (unpaired) electrons. The summed E-state index contributed by atoms with van der Waals surface area (Å²) in [4.78, 5) is 45.7. The summed E-state index contributed by atoms with van der Waals surface area (Å²) >= 11 is 6.18. The Morgan fingerprint density at radius 2 is 1.63 bits per heavy atom. The lowest BCUT2D eigenvalue weighted by atomic mass is 9.87. The summed E-state index contributed by atoms with van der Waals surface area (Å²) in [6, 6.07) is 9.16. The number of likely N-dealkylation sites (N-methyl/N-ethyl adjacent to an activating group) is 2. The van der Waals surface area contributed by atoms with E-state index in [1.165, 1.54) is 18.0 Å². The van der Waals surface area contributed by atoms with Crippen LogP contribution in [0.25, 0.3) is 0 Å². The molecule has 0 bridgehead atoms. The molecule has 2 aliphatic rings. The van der Waals surface area contributed by atoms with Crippen molar-refractivity contribution < 1.29 is 27.6 Å². The maximum Gasteiger partial charge on any atom is 0.319 e. The number of likely N-dealkylation sites (tertiary alicyclic amines) is 2. The second kappa shape index (κ2) is 11.9. The van der Waals surface area contributed by atoms with Crippen LogP contribution in [-0.2, 0) is 14.4 Å². The standard InChI is InChI=1S/C33H43ClF2N4O3/c1-32(2,3)31(43)39(27-14-13-22(35)15-26(27)36)23-16-28(29(41)37-7)40(8,19-23)30(42)25-18-38(33(4,5)6)17-24(25)20-9-11-21(34)12-10-20/h9-15,23-25,28H,16-19H2,1-8H3/p+1/t23-,24-,25+,28-,40?/m0/s1. The van der Waals surface area contributed by atoms with Gasteiger partial charge in [-0.05, 0) is 50.6 Å². The monoisotopic (exact) mass is 617 g/mol. The third-order valence-electron chi connectivity index (χ3n) is 9.10. The second-order valence-corrected chi connectivity index (χ2v) is 14.6. The number of benzene rings is 2. The van der Waals surface area contributed by atoms with Gasteiger partial charge in [0.2, 0.25) is 5.91 Å². The zero-order valence-electron chi connectivity index (χ0n) is 26.4. The Labute approximate surface area is 258 Å². The summed E-state index contributed by atoms with van der Waals surface area (Å²) in [6.07, 6.45) is 0.141. The van der Waals surface area contributed by atoms with Crippen molar-refractivity contribution in [2.45, 2.75) is 71.5 Å². The van der Waals surface area contributed by atoms with Gasteiger partial charge in [-0.3, -0.25) is 19.0 Å². The summed E-state index contributed by atoms with van der Waals surface area (Å²) < 4.78 is 28.9. The summed E-state index contributed by atoms with van der Waals surface area (Å²) in [7, 11) is 3.28. The van der Waals surface area contributed by atoms with Crippen molar-refractivity contribution >= 4 is 35.0 Å². The van der Waals surface area contributed by atoms with E-state index >= 15 is 4.39 Å². The van der Waals surface area contributed by atoms with Crippen LogP contribution >= 0.6 is 11.6 Å². The van der Waals surface area contributed by atoms with E-state index < -0.39 is 35.1 Å². The van der Waals surface area contributed by atoms with E-state index in [2.05, 4.69) is 31.0 Å². The number of rotatable bonds is 5. The number of halogens is 3. The van der Waals surface area contributed by atoms with E-state index in [0.29, 0.717) is 18.1 Å². The van der Waals surface area contributed by atoms with Crippen molar-refractivity contribution in [1.29, 1.82) is 0 Å². The van der Waals surface area contributed by atoms with Crippen LogP contribution in [0.15, 0.2) is 42.5 Å². The lowest BCUT2D eigenvalue weighted by Crippen LogP contribution is -2.61. The zero-order chi connectivity index (χ0) is 32.1. The van der Waals surface area contributed by atoms with E-state index in [-0.39, 0.29) is 52.3 Å². The second-order valence-electron chi connectivity index (χ2n) is 14.2. The Kier molecular flexibility index (Phi) is 9.14. The van der Waals surface area contributed by atoms with Crippen molar-refractivity contribution in [2.75, 3.05) is 38.6 Å². The number of quaternary nitrogens is 1. The lowest BCUT2D eigenvalue weighted by Gasteiger charge is -2.37. The molecule has 3 amide bonds. The van der Waals surface area contributed by atoms with Crippen LogP contribution in [-0.4, -0.2) is 78.5 Å². The van der Waals surface area contributed by atoms with Crippen molar-refractivity contribution in [3.8, 4) is 0 Å². The number of hydrogen-bond acceptors (Lipinski definition) is 4. The quantitative estimate of drug-likeness (QED) is 0.458. The largest absolute Gasteiger partial charge is 0.354 e. The third kappa shape index (κ3) is 6.49. The Morgan fingerprint density at radius 1 is 1.00 bits per heavy atom. The smallest absolute Gasteiger partial charge is 0.319 e. The minimum atomic E-state index is -0.905. The van der Waals surface area contributed by atoms with Gasteiger partial charge in [-0.15, -0.1) is 0 Å². The lowest BCUT2D eigenvalue weighted by molar-refractivity contribution is -0.839. The molecular formula is C33H44ClF2N4O3+. The first-order valence-electron chi connectivity index (χ1n) is 14.8. The van der Waals surface area contributed by atoms with Crippen LogP contribution in [0.4, 0.5) is 14.5 Å². The van der Waals surface area contributed by atoms with Crippen LogP contribution in [0.2, 0.25) is 5.02 Å². The molecular weight excluding hydrogens is 574 g/mol. The van der Waals surface area contributed by atoms with E-state index in [1.807, 2.05) is 24.3 Å². The molecule has 2 fully saturated rings. The Morgan fingerprint density at radius 3 is 2.16 bits per heavy atom. The molecule has 2 aromatic rings. The maximum atomic E-state index is 15.2. The number of nitrogens with one attached hydrogen (secondary N) is 1. The van der Waals surface area contributed by atoms with Gasteiger partial charge in [0.05, 0.1) is 24.7 Å². The number of anilines is 1. The van der Waals surface area contributed by atoms with Crippen LogP contribution in [0, 0.1) is 23.0 Å². The number of carbonyl (C=O) groups is 3. The molecule has 10 heteroatoms. The highest BCUT2D eigenvalue weighted by Gasteiger charge is 2.59. The molecule has 2 saturated heterocycles. The molecule has 4 rings (SSSR count). The van der Waals surface area contributed by atoms with E-state index in [9.17, 15) is 18.8 Å². The minimum absolute atomic E-state index is 0.0679. The molecule has 2 aliphatic heterocycles. The van der Waals surface area contributed by atoms with Gasteiger partial charge in [0.1, 0.15) is 18.2 Å². The van der Waals surface area contributed by atoms with Gasteiger partial charge in [0.15, 0.2) is 6.04 Å². The summed E-state index contributed by atoms with van der Waals surface area (Å²) in [5.74, 6) is -3.01. The van der Waals surface area contributed by atoms with E-state index in [1.54, 1.807) is 27.8 Å². The fourth-order valence-corrected chi connectivity index (χ4v) is 6.76. The number of hydrogen-bond donors (Lipinski definition) is 1. The topological polar surface area (TPSA) is 69.7 Å². The highest BCUT2D eigenvalue weighted by molar-refractivity contribution is 6.30. The van der Waals surface area contributed by atoms with Gasteiger partial charge in [-0.1, -0.05) is 44.5 Å². The van der Waals surface area contributed by atoms with E-state index in [0.717, 1.165) is 17.7 Å². The van der Waals surface area contributed by atoms with Crippen molar-refractivity contribution in [2.24, 2.45) is 11.3 Å². The van der Waals surface area contributed by atoms with Gasteiger partial charge in [-0.25, -0.2) is 13.6 Å². The summed E-state index contributed by atoms with van der Waals surface area (Å²) in [5.41, 5.74) is -0.173. The highest BCUT2D eigenvalue weighted by atomic mass is 35.5. The zero-order valence-corrected chi connectivity index (χ0v) is 27.1. The van der Waals surface area contributed by atoms with Crippen LogP contribution < -0.4 is 10.2 Å². The van der Waals surface area contributed by atoms with Crippen molar-refractivity contribution in [3.05, 3.63) is 64.7 Å². The molecule has 1 unspecified atom stereocenters. The molecule has 0 saturated carbocycles. The highest BCUT2D eigenvalue weighted by Crippen LogP contribution is 2.42.